The summed E-state index contributed by atoms with van der Waals surface area (Å²) in [5.74, 6) is 1.39. The van der Waals surface area contributed by atoms with Crippen LogP contribution in [-0.4, -0.2) is 54.6 Å². The van der Waals surface area contributed by atoms with Crippen molar-refractivity contribution in [1.29, 1.82) is 0 Å². The Morgan fingerprint density at radius 3 is 2.28 bits per heavy atom. The van der Waals surface area contributed by atoms with Gasteiger partial charge in [-0.15, -0.1) is 0 Å². The zero-order valence-electron chi connectivity index (χ0n) is 10.7. The highest BCUT2D eigenvalue weighted by Crippen LogP contribution is 2.28. The quantitative estimate of drug-likeness (QED) is 0.805. The third-order valence-electron chi connectivity index (χ3n) is 3.19. The number of nitrogens with zero attached hydrogens (tertiary/aromatic N) is 1. The molecule has 1 heterocycles. The van der Waals surface area contributed by atoms with Gasteiger partial charge in [-0.2, -0.15) is 0 Å². The summed E-state index contributed by atoms with van der Waals surface area (Å²) in [6.45, 7) is 1.67. The van der Waals surface area contributed by atoms with E-state index in [-0.39, 0.29) is 0 Å². The van der Waals surface area contributed by atoms with Crippen LogP contribution < -0.4 is 9.47 Å². The summed E-state index contributed by atoms with van der Waals surface area (Å²) in [4.78, 5) is 2.01. The number of ether oxygens (including phenoxy) is 2. The Morgan fingerprint density at radius 1 is 1.11 bits per heavy atom. The van der Waals surface area contributed by atoms with E-state index in [0.717, 1.165) is 5.56 Å². The van der Waals surface area contributed by atoms with E-state index >= 15 is 0 Å². The molecule has 2 unspecified atom stereocenters. The maximum atomic E-state index is 9.49. The third-order valence-corrected chi connectivity index (χ3v) is 3.19. The molecule has 1 aromatic carbocycles. The van der Waals surface area contributed by atoms with Gasteiger partial charge in [-0.1, -0.05) is 6.07 Å². The van der Waals surface area contributed by atoms with E-state index in [2.05, 4.69) is 0 Å². The average Bonchev–Trinajstić information content (AvgIpc) is 2.68. The van der Waals surface area contributed by atoms with E-state index in [9.17, 15) is 10.2 Å². The molecule has 0 aromatic heterocycles. The third kappa shape index (κ3) is 2.75. The molecule has 1 aromatic rings. The lowest BCUT2D eigenvalue weighted by Crippen LogP contribution is -2.22. The lowest BCUT2D eigenvalue weighted by molar-refractivity contribution is 0.0572. The summed E-state index contributed by atoms with van der Waals surface area (Å²) >= 11 is 0. The average molecular weight is 253 g/mol. The monoisotopic (exact) mass is 253 g/mol. The van der Waals surface area contributed by atoms with Gasteiger partial charge in [-0.25, -0.2) is 0 Å². The van der Waals surface area contributed by atoms with Crippen molar-refractivity contribution in [3.63, 3.8) is 0 Å². The predicted molar refractivity (Wildman–Crippen MR) is 66.8 cm³/mol. The summed E-state index contributed by atoms with van der Waals surface area (Å²) in [5, 5.41) is 19.0. The van der Waals surface area contributed by atoms with E-state index in [1.165, 1.54) is 0 Å². The molecule has 1 saturated heterocycles. The van der Waals surface area contributed by atoms with Gasteiger partial charge in [0.1, 0.15) is 0 Å². The van der Waals surface area contributed by atoms with Gasteiger partial charge in [-0.3, -0.25) is 4.90 Å². The van der Waals surface area contributed by atoms with E-state index in [4.69, 9.17) is 9.47 Å². The number of aliphatic hydroxyl groups is 2. The van der Waals surface area contributed by atoms with Crippen LogP contribution in [0.1, 0.15) is 5.56 Å². The molecule has 5 nitrogen and oxygen atoms in total. The van der Waals surface area contributed by atoms with Gasteiger partial charge in [0.05, 0.1) is 26.4 Å². The summed E-state index contributed by atoms with van der Waals surface area (Å²) < 4.78 is 10.4. The van der Waals surface area contributed by atoms with Crippen molar-refractivity contribution in [3.8, 4) is 11.5 Å². The molecule has 1 aliphatic rings. The Bertz CT molecular complexity index is 400. The fourth-order valence-electron chi connectivity index (χ4n) is 2.21. The second-order valence-electron chi connectivity index (χ2n) is 4.52. The van der Waals surface area contributed by atoms with E-state index < -0.39 is 12.2 Å². The summed E-state index contributed by atoms with van der Waals surface area (Å²) in [6.07, 6.45) is -1.30. The molecular formula is C13H19NO4. The SMILES string of the molecule is COc1ccc(CN2CC(O)C(O)C2)cc1OC. The van der Waals surface area contributed by atoms with Crippen LogP contribution in [0.4, 0.5) is 0 Å². The Kier molecular flexibility index (Phi) is 4.06. The molecule has 0 saturated carbocycles. The summed E-state index contributed by atoms with van der Waals surface area (Å²) in [7, 11) is 3.20. The number of rotatable bonds is 4. The maximum Gasteiger partial charge on any atom is 0.161 e. The molecule has 0 spiro atoms. The van der Waals surface area contributed by atoms with Crippen LogP contribution in [0.25, 0.3) is 0 Å². The lowest BCUT2D eigenvalue weighted by Gasteiger charge is -2.16. The molecular weight excluding hydrogens is 234 g/mol. The van der Waals surface area contributed by atoms with Gasteiger partial charge in [-0.05, 0) is 17.7 Å². The largest absolute Gasteiger partial charge is 0.493 e. The highest BCUT2D eigenvalue weighted by molar-refractivity contribution is 5.42. The maximum absolute atomic E-state index is 9.49. The Hall–Kier alpha value is -1.30. The Morgan fingerprint density at radius 2 is 1.72 bits per heavy atom. The minimum absolute atomic E-state index is 0.496. The first-order valence-corrected chi connectivity index (χ1v) is 5.93. The zero-order chi connectivity index (χ0) is 13.1. The van der Waals surface area contributed by atoms with Gasteiger partial charge in [0.2, 0.25) is 0 Å². The Balaban J connectivity index is 2.06. The smallest absolute Gasteiger partial charge is 0.161 e. The number of hydrogen-bond acceptors (Lipinski definition) is 5. The number of aliphatic hydroxyl groups excluding tert-OH is 2. The molecule has 0 aliphatic carbocycles. The first-order valence-electron chi connectivity index (χ1n) is 5.93. The van der Waals surface area contributed by atoms with Crippen molar-refractivity contribution in [3.05, 3.63) is 23.8 Å². The van der Waals surface area contributed by atoms with Crippen molar-refractivity contribution >= 4 is 0 Å². The van der Waals surface area contributed by atoms with Crippen LogP contribution in [0, 0.1) is 0 Å². The number of hydrogen-bond donors (Lipinski definition) is 2. The van der Waals surface area contributed by atoms with Crippen molar-refractivity contribution < 1.29 is 19.7 Å². The first-order chi connectivity index (χ1) is 8.63. The second kappa shape index (κ2) is 5.56. The number of benzene rings is 1. The molecule has 18 heavy (non-hydrogen) atoms. The van der Waals surface area contributed by atoms with E-state index in [1.807, 2.05) is 23.1 Å². The second-order valence-corrected chi connectivity index (χ2v) is 4.52. The van der Waals surface area contributed by atoms with Gasteiger partial charge < -0.3 is 19.7 Å². The standard InChI is InChI=1S/C13H19NO4/c1-17-12-4-3-9(5-13(12)18-2)6-14-7-10(15)11(16)8-14/h3-5,10-11,15-16H,6-8H2,1-2H3. The van der Waals surface area contributed by atoms with Crippen LogP contribution in [0.5, 0.6) is 11.5 Å². The number of likely N-dealkylation sites (tertiary alicyclic amines) is 1. The van der Waals surface area contributed by atoms with Crippen molar-refractivity contribution in [2.45, 2.75) is 18.8 Å². The highest BCUT2D eigenvalue weighted by atomic mass is 16.5. The molecule has 1 fully saturated rings. The van der Waals surface area contributed by atoms with Crippen LogP contribution >= 0.6 is 0 Å². The van der Waals surface area contributed by atoms with Crippen LogP contribution in [0.2, 0.25) is 0 Å². The minimum atomic E-state index is -0.648. The number of β-amino-alcohol motifs (C(OH)–C–C–N with tert-alkyl or cyclic N) is 2. The normalized spacial score (nSPS) is 24.2. The molecule has 5 heteroatoms. The first kappa shape index (κ1) is 13.1. The van der Waals surface area contributed by atoms with Gasteiger partial charge in [0.15, 0.2) is 11.5 Å². The fourth-order valence-corrected chi connectivity index (χ4v) is 2.21. The lowest BCUT2D eigenvalue weighted by atomic mass is 10.2. The van der Waals surface area contributed by atoms with Crippen LogP contribution in [0.3, 0.4) is 0 Å². The van der Waals surface area contributed by atoms with Gasteiger partial charge >= 0.3 is 0 Å². The van der Waals surface area contributed by atoms with E-state index in [1.54, 1.807) is 14.2 Å². The molecule has 0 bridgehead atoms. The number of methoxy groups -OCH3 is 2. The minimum Gasteiger partial charge on any atom is -0.493 e. The molecule has 0 radical (unpaired) electrons. The van der Waals surface area contributed by atoms with E-state index in [0.29, 0.717) is 31.1 Å². The molecule has 2 rings (SSSR count). The van der Waals surface area contributed by atoms with Crippen molar-refractivity contribution in [1.82, 2.24) is 4.90 Å². The van der Waals surface area contributed by atoms with Crippen molar-refractivity contribution in [2.75, 3.05) is 27.3 Å². The van der Waals surface area contributed by atoms with Crippen LogP contribution in [-0.2, 0) is 6.54 Å². The summed E-state index contributed by atoms with van der Waals surface area (Å²) in [5.41, 5.74) is 1.06. The molecule has 0 amide bonds. The molecule has 2 N–H and O–H groups in total. The van der Waals surface area contributed by atoms with Gasteiger partial charge in [0, 0.05) is 19.6 Å². The highest BCUT2D eigenvalue weighted by Gasteiger charge is 2.29. The van der Waals surface area contributed by atoms with Gasteiger partial charge in [0.25, 0.3) is 0 Å². The van der Waals surface area contributed by atoms with Crippen molar-refractivity contribution in [2.24, 2.45) is 0 Å². The predicted octanol–water partition coefficient (Wildman–Crippen LogP) is 0.241. The Labute approximate surface area is 107 Å². The molecule has 1 aliphatic heterocycles. The fraction of sp³-hybridized carbons (Fsp3) is 0.538. The topological polar surface area (TPSA) is 62.2 Å². The molecule has 2 atom stereocenters. The summed E-state index contributed by atoms with van der Waals surface area (Å²) in [6, 6.07) is 5.73. The molecule has 100 valence electrons. The zero-order valence-corrected chi connectivity index (χ0v) is 10.7. The van der Waals surface area contributed by atoms with Crippen LogP contribution in [0.15, 0.2) is 18.2 Å².